The largest absolute Gasteiger partial charge is 0.444 e. The van der Waals surface area contributed by atoms with Crippen molar-refractivity contribution in [2.24, 2.45) is 0 Å². The summed E-state index contributed by atoms with van der Waals surface area (Å²) < 4.78 is 33.8. The van der Waals surface area contributed by atoms with Crippen molar-refractivity contribution in [1.82, 2.24) is 19.1 Å². The Bertz CT molecular complexity index is 1460. The van der Waals surface area contributed by atoms with Gasteiger partial charge >= 0.3 is 6.09 Å². The number of nitrogens with one attached hydrogen (secondary N) is 1. The van der Waals surface area contributed by atoms with Crippen molar-refractivity contribution < 1.29 is 22.7 Å². The predicted octanol–water partition coefficient (Wildman–Crippen LogP) is 3.33. The van der Waals surface area contributed by atoms with Crippen LogP contribution in [0.15, 0.2) is 41.3 Å². The van der Waals surface area contributed by atoms with Crippen LogP contribution in [-0.4, -0.2) is 111 Å². The maximum atomic E-state index is 13.3. The molecule has 2 fully saturated rings. The van der Waals surface area contributed by atoms with Crippen molar-refractivity contribution in [3.63, 3.8) is 0 Å². The number of sulfonamides is 1. The minimum absolute atomic E-state index is 0.00453. The lowest BCUT2D eigenvalue weighted by molar-refractivity contribution is -0.119. The second-order valence-electron chi connectivity index (χ2n) is 12.6. The first-order chi connectivity index (χ1) is 20.2. The molecule has 5 rings (SSSR count). The van der Waals surface area contributed by atoms with Crippen molar-refractivity contribution in [3.8, 4) is 0 Å². The van der Waals surface area contributed by atoms with E-state index in [9.17, 15) is 18.0 Å². The molecular formula is C30H43N7O5S. The van der Waals surface area contributed by atoms with Gasteiger partial charge in [-0.25, -0.2) is 18.2 Å². The van der Waals surface area contributed by atoms with E-state index in [-0.39, 0.29) is 22.9 Å². The zero-order valence-electron chi connectivity index (χ0n) is 25.9. The molecule has 234 valence electrons. The zero-order chi connectivity index (χ0) is 31.1. The number of likely N-dealkylation sites (N-methyl/N-ethyl adjacent to an activating group) is 2. The number of piperidine rings is 1. The minimum Gasteiger partial charge on any atom is -0.444 e. The molecule has 0 bridgehead atoms. The van der Waals surface area contributed by atoms with E-state index in [4.69, 9.17) is 9.72 Å². The average molecular weight is 614 g/mol. The van der Waals surface area contributed by atoms with Crippen molar-refractivity contribution in [3.05, 3.63) is 36.4 Å². The van der Waals surface area contributed by atoms with Crippen molar-refractivity contribution >= 4 is 45.0 Å². The third kappa shape index (κ3) is 6.58. The quantitative estimate of drug-likeness (QED) is 0.542. The topological polar surface area (TPSA) is 119 Å². The first-order valence-electron chi connectivity index (χ1n) is 14.9. The maximum absolute atomic E-state index is 13.3. The molecule has 3 aliphatic heterocycles. The summed E-state index contributed by atoms with van der Waals surface area (Å²) in [5.74, 6) is 1.20. The molecule has 4 heterocycles. The Balaban J connectivity index is 1.36. The summed E-state index contributed by atoms with van der Waals surface area (Å²) in [5.41, 5.74) is 0.745. The fraction of sp³-hybridized carbons (Fsp3) is 0.567. The monoisotopic (exact) mass is 613 g/mol. The molecule has 12 nitrogen and oxygen atoms in total. The lowest BCUT2D eigenvalue weighted by atomic mass is 9.99. The highest BCUT2D eigenvalue weighted by atomic mass is 32.2. The molecule has 0 radical (unpaired) electrons. The third-order valence-electron chi connectivity index (χ3n) is 8.28. The number of anilines is 4. The van der Waals surface area contributed by atoms with Gasteiger partial charge in [0.2, 0.25) is 15.9 Å². The van der Waals surface area contributed by atoms with E-state index in [1.54, 1.807) is 41.1 Å². The molecule has 0 spiro atoms. The summed E-state index contributed by atoms with van der Waals surface area (Å²) in [6.07, 6.45) is 1.02. The van der Waals surface area contributed by atoms with E-state index < -0.39 is 21.7 Å². The van der Waals surface area contributed by atoms with Crippen LogP contribution in [0.4, 0.5) is 27.8 Å². The van der Waals surface area contributed by atoms with Gasteiger partial charge in [0.1, 0.15) is 17.5 Å². The van der Waals surface area contributed by atoms with E-state index >= 15 is 0 Å². The Hall–Kier alpha value is -3.42. The van der Waals surface area contributed by atoms with E-state index in [0.717, 1.165) is 0 Å². The van der Waals surface area contributed by atoms with Crippen LogP contribution < -0.4 is 15.1 Å². The molecule has 0 aliphatic carbocycles. The number of aromatic nitrogens is 1. The molecule has 43 heavy (non-hydrogen) atoms. The number of hydrogen-bond donors (Lipinski definition) is 1. The molecule has 2 saturated heterocycles. The Morgan fingerprint density at radius 1 is 1.00 bits per heavy atom. The van der Waals surface area contributed by atoms with E-state index in [1.807, 2.05) is 46.9 Å². The fourth-order valence-electron chi connectivity index (χ4n) is 5.87. The molecular weight excluding hydrogens is 570 g/mol. The van der Waals surface area contributed by atoms with Crippen LogP contribution in [0.2, 0.25) is 0 Å². The number of carbonyl (C=O) groups is 2. The zero-order valence-corrected chi connectivity index (χ0v) is 26.7. The third-order valence-corrected chi connectivity index (χ3v) is 10.2. The maximum Gasteiger partial charge on any atom is 0.410 e. The van der Waals surface area contributed by atoms with Crippen molar-refractivity contribution in [1.29, 1.82) is 0 Å². The summed E-state index contributed by atoms with van der Waals surface area (Å²) in [4.78, 5) is 38.6. The van der Waals surface area contributed by atoms with Gasteiger partial charge in [0.15, 0.2) is 5.82 Å². The Morgan fingerprint density at radius 2 is 1.67 bits per heavy atom. The highest BCUT2D eigenvalue weighted by molar-refractivity contribution is 7.89. The number of benzene rings is 1. The van der Waals surface area contributed by atoms with Gasteiger partial charge in [0, 0.05) is 58.0 Å². The molecule has 0 saturated carbocycles. The number of likely N-dealkylation sites (tertiary alicyclic amines) is 1. The number of nitrogens with zero attached hydrogens (tertiary/aromatic N) is 6. The number of pyridine rings is 1. The van der Waals surface area contributed by atoms with Gasteiger partial charge in [-0.15, -0.1) is 0 Å². The molecule has 2 aromatic rings. The lowest BCUT2D eigenvalue weighted by Crippen LogP contribution is -2.57. The lowest BCUT2D eigenvalue weighted by Gasteiger charge is -2.46. The van der Waals surface area contributed by atoms with Crippen LogP contribution >= 0.6 is 0 Å². The molecule has 1 aromatic carbocycles. The van der Waals surface area contributed by atoms with E-state index in [2.05, 4.69) is 15.1 Å². The van der Waals surface area contributed by atoms with Crippen LogP contribution in [0.1, 0.15) is 40.5 Å². The number of ether oxygens (including phenoxy) is 1. The molecule has 1 aromatic heterocycles. The first-order valence-corrected chi connectivity index (χ1v) is 16.3. The molecule has 3 aliphatic rings. The summed E-state index contributed by atoms with van der Waals surface area (Å²) in [6, 6.07) is 10.0. The highest BCUT2D eigenvalue weighted by Gasteiger charge is 2.40. The normalized spacial score (nSPS) is 21.1. The summed E-state index contributed by atoms with van der Waals surface area (Å²) >= 11 is 0. The number of fused-ring (bicyclic) bond motifs is 1. The Labute approximate surface area is 254 Å². The van der Waals surface area contributed by atoms with Crippen molar-refractivity contribution in [2.75, 3.05) is 68.5 Å². The SMILES string of the molecule is C[C@@H]1C(=O)N(C)c2ccc(Nc3cccc(S(=O)(=O)N4CCN(C)CC4)c3)nc2N1C1CCN(C(=O)OC(C)(C)C)CC1. The van der Waals surface area contributed by atoms with Crippen molar-refractivity contribution in [2.45, 2.75) is 63.1 Å². The minimum atomic E-state index is -3.62. The average Bonchev–Trinajstić information content (AvgIpc) is 2.96. The summed E-state index contributed by atoms with van der Waals surface area (Å²) in [5, 5.41) is 3.28. The molecule has 0 unspecified atom stereocenters. The van der Waals surface area contributed by atoms with Crippen LogP contribution in [0, 0.1) is 0 Å². The van der Waals surface area contributed by atoms with Gasteiger partial charge in [-0.05, 0) is 77.9 Å². The second kappa shape index (κ2) is 11.9. The second-order valence-corrected chi connectivity index (χ2v) is 14.5. The number of rotatable bonds is 5. The van der Waals surface area contributed by atoms with Gasteiger partial charge in [-0.2, -0.15) is 4.31 Å². The van der Waals surface area contributed by atoms with Gasteiger partial charge in [0.25, 0.3) is 0 Å². The highest BCUT2D eigenvalue weighted by Crippen LogP contribution is 2.38. The fourth-order valence-corrected chi connectivity index (χ4v) is 7.33. The molecule has 1 atom stereocenters. The van der Waals surface area contributed by atoms with E-state index in [0.29, 0.717) is 75.1 Å². The summed E-state index contributed by atoms with van der Waals surface area (Å²) in [6.45, 7) is 10.8. The predicted molar refractivity (Wildman–Crippen MR) is 166 cm³/mol. The van der Waals surface area contributed by atoms with Gasteiger partial charge < -0.3 is 29.7 Å². The Morgan fingerprint density at radius 3 is 2.33 bits per heavy atom. The van der Waals surface area contributed by atoms with Gasteiger partial charge in [-0.3, -0.25) is 4.79 Å². The number of amides is 2. The van der Waals surface area contributed by atoms with Gasteiger partial charge in [-0.1, -0.05) is 6.07 Å². The van der Waals surface area contributed by atoms with Crippen LogP contribution in [0.5, 0.6) is 0 Å². The van der Waals surface area contributed by atoms with Crippen LogP contribution in [-0.2, 0) is 19.6 Å². The molecule has 13 heteroatoms. The smallest absolute Gasteiger partial charge is 0.410 e. The number of carbonyl (C=O) groups excluding carboxylic acids is 2. The van der Waals surface area contributed by atoms with Gasteiger partial charge in [0.05, 0.1) is 10.6 Å². The molecule has 1 N–H and O–H groups in total. The van der Waals surface area contributed by atoms with Crippen LogP contribution in [0.3, 0.4) is 0 Å². The number of hydrogen-bond acceptors (Lipinski definition) is 9. The van der Waals surface area contributed by atoms with E-state index in [1.165, 1.54) is 4.31 Å². The number of piperazine rings is 1. The Kier molecular flexibility index (Phi) is 8.61. The standard InChI is InChI=1S/C30H43N7O5S/c1-21-28(38)34(6)25-10-11-26(31-22-8-7-9-24(20-22)43(40,41)36-18-16-33(5)17-19-36)32-27(25)37(21)23-12-14-35(15-13-23)29(39)42-30(2,3)4/h7-11,20-21,23H,12-19H2,1-6H3,(H,31,32)/t21-/m1/s1. The molecule has 2 amide bonds. The summed E-state index contributed by atoms with van der Waals surface area (Å²) in [7, 11) is 0.118. The first kappa shape index (κ1) is 31.0. The van der Waals surface area contributed by atoms with Crippen LogP contribution in [0.25, 0.3) is 0 Å².